The Labute approximate surface area is 155 Å². The van der Waals surface area contributed by atoms with Gasteiger partial charge in [-0.25, -0.2) is 4.68 Å². The van der Waals surface area contributed by atoms with Crippen molar-refractivity contribution in [3.05, 3.63) is 33.7 Å². The van der Waals surface area contributed by atoms with Gasteiger partial charge in [0, 0.05) is 18.0 Å². The van der Waals surface area contributed by atoms with Gasteiger partial charge in [0.15, 0.2) is 0 Å². The minimum atomic E-state index is -0.236. The summed E-state index contributed by atoms with van der Waals surface area (Å²) in [4.78, 5) is 28.4. The second-order valence-corrected chi connectivity index (χ2v) is 8.14. The zero-order chi connectivity index (χ0) is 18.1. The molecule has 1 aliphatic heterocycles. The average molecular weight is 373 g/mol. The highest BCUT2D eigenvalue weighted by molar-refractivity contribution is 7.19. The van der Waals surface area contributed by atoms with E-state index in [-0.39, 0.29) is 18.0 Å². The monoisotopic (exact) mass is 373 g/mol. The second kappa shape index (κ2) is 7.20. The smallest absolute Gasteiger partial charge is 0.291 e. The lowest BCUT2D eigenvalue weighted by Gasteiger charge is -2.26. The first-order valence-corrected chi connectivity index (χ1v) is 9.90. The first-order chi connectivity index (χ1) is 12.6. The molecule has 1 saturated heterocycles. The first kappa shape index (κ1) is 17.2. The first-order valence-electron chi connectivity index (χ1n) is 9.08. The Hall–Kier alpha value is -2.19. The topological polar surface area (TPSA) is 71.6 Å². The molecule has 3 aromatic rings. The third-order valence-corrected chi connectivity index (χ3v) is 5.89. The number of amides is 1. The van der Waals surface area contributed by atoms with E-state index in [1.807, 2.05) is 19.1 Å². The van der Waals surface area contributed by atoms with Crippen LogP contribution in [0.4, 0.5) is 0 Å². The molecule has 1 amide bonds. The van der Waals surface area contributed by atoms with Crippen molar-refractivity contribution in [1.29, 1.82) is 0 Å². The SMILES string of the molecule is Cc1cc2c(cc3c(=O)n(CC(=O)NCCN4CCCCC4)ncn32)s1. The Morgan fingerprint density at radius 2 is 2.04 bits per heavy atom. The Bertz CT molecular complexity index is 996. The van der Waals surface area contributed by atoms with Crippen molar-refractivity contribution in [3.8, 4) is 0 Å². The van der Waals surface area contributed by atoms with Crippen LogP contribution in [-0.4, -0.2) is 51.2 Å². The van der Waals surface area contributed by atoms with E-state index in [4.69, 9.17) is 0 Å². The number of thiophene rings is 1. The van der Waals surface area contributed by atoms with Crippen molar-refractivity contribution in [2.24, 2.45) is 0 Å². The molecule has 26 heavy (non-hydrogen) atoms. The zero-order valence-corrected chi connectivity index (χ0v) is 15.7. The van der Waals surface area contributed by atoms with Crippen LogP contribution < -0.4 is 10.9 Å². The number of likely N-dealkylation sites (tertiary alicyclic amines) is 1. The van der Waals surface area contributed by atoms with Gasteiger partial charge in [-0.05, 0) is 45.0 Å². The highest BCUT2D eigenvalue weighted by atomic mass is 32.1. The van der Waals surface area contributed by atoms with Crippen LogP contribution in [0.2, 0.25) is 0 Å². The fraction of sp³-hybridized carbons (Fsp3) is 0.500. The average Bonchev–Trinajstić information content (AvgIpc) is 3.15. The van der Waals surface area contributed by atoms with E-state index >= 15 is 0 Å². The van der Waals surface area contributed by atoms with Gasteiger partial charge in [-0.15, -0.1) is 11.3 Å². The van der Waals surface area contributed by atoms with Crippen LogP contribution in [0.3, 0.4) is 0 Å². The van der Waals surface area contributed by atoms with Gasteiger partial charge >= 0.3 is 0 Å². The van der Waals surface area contributed by atoms with Crippen LogP contribution in [0.15, 0.2) is 23.3 Å². The summed E-state index contributed by atoms with van der Waals surface area (Å²) in [5.41, 5.74) is 1.31. The second-order valence-electron chi connectivity index (χ2n) is 6.85. The van der Waals surface area contributed by atoms with Crippen LogP contribution in [0.25, 0.3) is 15.7 Å². The standard InChI is InChI=1S/C18H23N5O2S/c1-13-9-14-16(26-13)10-15-18(25)23(20-12-22(14)15)11-17(24)19-5-8-21-6-3-2-4-7-21/h9-10,12H,2-8,11H2,1H3,(H,19,24). The summed E-state index contributed by atoms with van der Waals surface area (Å²) in [6.45, 7) is 5.68. The maximum atomic E-state index is 12.6. The van der Waals surface area contributed by atoms with E-state index in [0.717, 1.165) is 29.9 Å². The van der Waals surface area contributed by atoms with E-state index in [9.17, 15) is 9.59 Å². The van der Waals surface area contributed by atoms with Gasteiger partial charge in [-0.3, -0.25) is 14.0 Å². The number of piperidine rings is 1. The van der Waals surface area contributed by atoms with E-state index in [0.29, 0.717) is 12.1 Å². The summed E-state index contributed by atoms with van der Waals surface area (Å²) in [5, 5.41) is 7.07. The molecule has 3 aromatic heterocycles. The molecule has 4 rings (SSSR count). The zero-order valence-electron chi connectivity index (χ0n) is 14.9. The molecule has 0 radical (unpaired) electrons. The Morgan fingerprint density at radius 1 is 1.23 bits per heavy atom. The van der Waals surface area contributed by atoms with Crippen molar-refractivity contribution in [2.75, 3.05) is 26.2 Å². The Balaban J connectivity index is 1.42. The third kappa shape index (κ3) is 3.39. The van der Waals surface area contributed by atoms with Crippen molar-refractivity contribution >= 4 is 33.0 Å². The molecule has 1 aliphatic rings. The summed E-state index contributed by atoms with van der Waals surface area (Å²) in [5.74, 6) is -0.176. The van der Waals surface area contributed by atoms with Gasteiger partial charge in [0.05, 0.1) is 10.2 Å². The van der Waals surface area contributed by atoms with Crippen LogP contribution >= 0.6 is 11.3 Å². The molecular weight excluding hydrogens is 350 g/mol. The number of carbonyl (C=O) groups is 1. The molecule has 4 heterocycles. The maximum Gasteiger partial charge on any atom is 0.291 e. The molecule has 0 spiro atoms. The molecular formula is C18H23N5O2S. The van der Waals surface area contributed by atoms with E-state index < -0.39 is 0 Å². The van der Waals surface area contributed by atoms with E-state index in [1.165, 1.54) is 28.8 Å². The molecule has 1 fully saturated rings. The molecule has 7 nitrogen and oxygen atoms in total. The summed E-state index contributed by atoms with van der Waals surface area (Å²) < 4.78 is 4.10. The van der Waals surface area contributed by atoms with Crippen molar-refractivity contribution < 1.29 is 4.79 Å². The predicted octanol–water partition coefficient (Wildman–Crippen LogP) is 1.62. The normalized spacial score (nSPS) is 15.7. The minimum absolute atomic E-state index is 0.0484. The number of nitrogens with one attached hydrogen (secondary N) is 1. The van der Waals surface area contributed by atoms with Gasteiger partial charge in [0.1, 0.15) is 18.4 Å². The fourth-order valence-corrected chi connectivity index (χ4v) is 4.51. The number of rotatable bonds is 5. The largest absolute Gasteiger partial charge is 0.353 e. The lowest BCUT2D eigenvalue weighted by atomic mass is 10.1. The molecule has 0 atom stereocenters. The van der Waals surface area contributed by atoms with Crippen LogP contribution in [0, 0.1) is 6.92 Å². The van der Waals surface area contributed by atoms with Crippen LogP contribution in [0.1, 0.15) is 24.1 Å². The van der Waals surface area contributed by atoms with Gasteiger partial charge < -0.3 is 10.2 Å². The molecule has 0 bridgehead atoms. The summed E-state index contributed by atoms with van der Waals surface area (Å²) >= 11 is 1.65. The Kier molecular flexibility index (Phi) is 4.78. The van der Waals surface area contributed by atoms with Gasteiger partial charge in [0.2, 0.25) is 5.91 Å². The van der Waals surface area contributed by atoms with Gasteiger partial charge in [0.25, 0.3) is 5.56 Å². The predicted molar refractivity (Wildman–Crippen MR) is 103 cm³/mol. The van der Waals surface area contributed by atoms with E-state index in [1.54, 1.807) is 22.1 Å². The van der Waals surface area contributed by atoms with E-state index in [2.05, 4.69) is 15.3 Å². The number of hydrogen-bond donors (Lipinski definition) is 1. The molecule has 138 valence electrons. The van der Waals surface area contributed by atoms with Gasteiger partial charge in [-0.2, -0.15) is 5.10 Å². The lowest BCUT2D eigenvalue weighted by Crippen LogP contribution is -2.40. The van der Waals surface area contributed by atoms with Crippen LogP contribution in [-0.2, 0) is 11.3 Å². The molecule has 1 N–H and O–H groups in total. The lowest BCUT2D eigenvalue weighted by molar-refractivity contribution is -0.122. The van der Waals surface area contributed by atoms with Crippen molar-refractivity contribution in [1.82, 2.24) is 24.4 Å². The molecule has 0 aromatic carbocycles. The fourth-order valence-electron chi connectivity index (χ4n) is 3.56. The highest BCUT2D eigenvalue weighted by Gasteiger charge is 2.14. The highest BCUT2D eigenvalue weighted by Crippen LogP contribution is 2.26. The number of aromatic nitrogens is 3. The summed E-state index contributed by atoms with van der Waals surface area (Å²) in [7, 11) is 0. The number of aryl methyl sites for hydroxylation is 1. The molecule has 0 saturated carbocycles. The van der Waals surface area contributed by atoms with Crippen molar-refractivity contribution in [3.63, 3.8) is 0 Å². The quantitative estimate of drug-likeness (QED) is 0.738. The number of hydrogen-bond acceptors (Lipinski definition) is 5. The molecule has 8 heteroatoms. The summed E-state index contributed by atoms with van der Waals surface area (Å²) in [6, 6.07) is 3.92. The number of fused-ring (bicyclic) bond motifs is 3. The number of carbonyl (C=O) groups excluding carboxylic acids is 1. The summed E-state index contributed by atoms with van der Waals surface area (Å²) in [6.07, 6.45) is 5.40. The minimum Gasteiger partial charge on any atom is -0.353 e. The van der Waals surface area contributed by atoms with Crippen LogP contribution in [0.5, 0.6) is 0 Å². The molecule has 0 unspecified atom stereocenters. The number of nitrogens with zero attached hydrogens (tertiary/aromatic N) is 4. The maximum absolute atomic E-state index is 12.6. The third-order valence-electron chi connectivity index (χ3n) is 4.90. The molecule has 0 aliphatic carbocycles. The Morgan fingerprint density at radius 3 is 2.85 bits per heavy atom. The van der Waals surface area contributed by atoms with Gasteiger partial charge in [-0.1, -0.05) is 6.42 Å². The van der Waals surface area contributed by atoms with Crippen molar-refractivity contribution in [2.45, 2.75) is 32.7 Å².